The van der Waals surface area contributed by atoms with Crippen LogP contribution in [0.25, 0.3) is 0 Å². The first-order valence-electron chi connectivity index (χ1n) is 24.7. The Morgan fingerprint density at radius 2 is 0.914 bits per heavy atom. The van der Waals surface area contributed by atoms with Gasteiger partial charge in [-0.05, 0) is 44.2 Å². The predicted octanol–water partition coefficient (Wildman–Crippen LogP) is 14.2. The van der Waals surface area contributed by atoms with E-state index >= 15 is 0 Å². The molecule has 2 saturated heterocycles. The Morgan fingerprint density at radius 3 is 1.34 bits per heavy atom. The molecule has 2 fully saturated rings. The predicted molar refractivity (Wildman–Crippen MR) is 239 cm³/mol. The normalized spacial score (nSPS) is 19.5. The van der Waals surface area contributed by atoms with E-state index in [4.69, 9.17) is 14.2 Å². The molecule has 3 rings (SSSR count). The molecule has 0 amide bonds. The summed E-state index contributed by atoms with van der Waals surface area (Å²) in [4.78, 5) is 36.3. The number of aliphatic hydroxyl groups excluding tert-OH is 1. The van der Waals surface area contributed by atoms with Crippen LogP contribution in [-0.4, -0.2) is 47.4 Å². The first-order valence-corrected chi connectivity index (χ1v) is 24.7. The monoisotopic (exact) mass is 813 g/mol. The summed E-state index contributed by atoms with van der Waals surface area (Å²) in [6, 6.07) is 9.18. The second-order valence-corrected chi connectivity index (χ2v) is 17.6. The molecule has 1 N–H and O–H groups in total. The summed E-state index contributed by atoms with van der Waals surface area (Å²) in [5.74, 6) is -0.372. The minimum atomic E-state index is -0.305. The van der Waals surface area contributed by atoms with Crippen LogP contribution in [0.4, 0.5) is 0 Å². The van der Waals surface area contributed by atoms with Crippen LogP contribution in [0, 0.1) is 11.8 Å². The maximum atomic E-state index is 12.7. The molecule has 2 aliphatic rings. The van der Waals surface area contributed by atoms with Crippen molar-refractivity contribution in [3.8, 4) is 0 Å². The van der Waals surface area contributed by atoms with Gasteiger partial charge < -0.3 is 19.3 Å². The highest BCUT2D eigenvalue weighted by Crippen LogP contribution is 2.34. The van der Waals surface area contributed by atoms with Crippen molar-refractivity contribution < 1.29 is 33.7 Å². The quantitative estimate of drug-likeness (QED) is 0.0409. The molecule has 0 unspecified atom stereocenters. The van der Waals surface area contributed by atoms with Gasteiger partial charge in [-0.2, -0.15) is 0 Å². The number of benzene rings is 1. The van der Waals surface area contributed by atoms with Crippen molar-refractivity contribution in [2.24, 2.45) is 11.8 Å². The van der Waals surface area contributed by atoms with E-state index in [1.54, 1.807) is 12.1 Å². The Hall–Kier alpha value is -2.41. The number of rotatable bonds is 36. The maximum Gasteiger partial charge on any atom is 0.338 e. The van der Waals surface area contributed by atoms with Crippen LogP contribution in [0.5, 0.6) is 0 Å². The number of hydrogen-bond acceptors (Lipinski definition) is 7. The van der Waals surface area contributed by atoms with Gasteiger partial charge in [0.1, 0.15) is 18.3 Å². The summed E-state index contributed by atoms with van der Waals surface area (Å²) in [5, 5.41) is 10.2. The zero-order valence-corrected chi connectivity index (χ0v) is 37.9. The largest absolute Gasteiger partial charge is 0.461 e. The van der Waals surface area contributed by atoms with Crippen molar-refractivity contribution in [2.75, 3.05) is 0 Å². The molecule has 0 aromatic heterocycles. The van der Waals surface area contributed by atoms with Gasteiger partial charge in [0, 0.05) is 12.8 Å². The lowest BCUT2D eigenvalue weighted by Gasteiger charge is -2.37. The molecule has 334 valence electrons. The van der Waals surface area contributed by atoms with Crippen molar-refractivity contribution in [1.82, 2.24) is 0 Å². The third-order valence-corrected chi connectivity index (χ3v) is 12.3. The second-order valence-electron chi connectivity index (χ2n) is 17.6. The summed E-state index contributed by atoms with van der Waals surface area (Å²) >= 11 is 0. The van der Waals surface area contributed by atoms with Crippen LogP contribution in [0.1, 0.15) is 244 Å². The Kier molecular flexibility index (Phi) is 30.6. The van der Waals surface area contributed by atoms with E-state index in [0.717, 1.165) is 64.2 Å². The van der Waals surface area contributed by atoms with Gasteiger partial charge in [0.15, 0.2) is 0 Å². The summed E-state index contributed by atoms with van der Waals surface area (Å²) in [7, 11) is 0. The molecule has 2 aliphatic heterocycles. The van der Waals surface area contributed by atoms with Gasteiger partial charge in [0.05, 0.1) is 23.5 Å². The SMILES string of the molecule is CCCCCCCCCCC[C@@H](C[C@@H]1OC(=O)[C@H]1CCCCCC)OC(=O)c1ccccc1.CCCCCCCCCCC[C@@H](O)C[C@@H]1OC(=O)[C@H]1CCCCCC. The fourth-order valence-corrected chi connectivity index (χ4v) is 8.45. The van der Waals surface area contributed by atoms with Gasteiger partial charge in [-0.1, -0.05) is 206 Å². The Balaban J connectivity index is 0.000000416. The fourth-order valence-electron chi connectivity index (χ4n) is 8.45. The zero-order chi connectivity index (χ0) is 42.1. The van der Waals surface area contributed by atoms with Gasteiger partial charge in [-0.15, -0.1) is 0 Å². The van der Waals surface area contributed by atoms with E-state index < -0.39 is 0 Å². The minimum absolute atomic E-state index is 0.0251. The Morgan fingerprint density at radius 1 is 0.534 bits per heavy atom. The Labute approximate surface area is 355 Å². The molecule has 58 heavy (non-hydrogen) atoms. The van der Waals surface area contributed by atoms with Crippen molar-refractivity contribution >= 4 is 17.9 Å². The molecule has 0 saturated carbocycles. The third-order valence-electron chi connectivity index (χ3n) is 12.3. The summed E-state index contributed by atoms with van der Waals surface area (Å²) in [5.41, 5.74) is 0.580. The summed E-state index contributed by atoms with van der Waals surface area (Å²) < 4.78 is 16.7. The number of ether oxygens (including phenoxy) is 3. The highest BCUT2D eigenvalue weighted by atomic mass is 16.6. The van der Waals surface area contributed by atoms with Gasteiger partial charge in [0.25, 0.3) is 0 Å². The molecule has 1 aromatic carbocycles. The molecule has 0 bridgehead atoms. The topological polar surface area (TPSA) is 99.1 Å². The van der Waals surface area contributed by atoms with Gasteiger partial charge in [0.2, 0.25) is 0 Å². The number of unbranched alkanes of at least 4 members (excludes halogenated alkanes) is 22. The molecule has 7 heteroatoms. The van der Waals surface area contributed by atoms with E-state index in [2.05, 4.69) is 27.7 Å². The molecule has 2 heterocycles. The number of hydrogen-bond donors (Lipinski definition) is 1. The molecule has 0 aliphatic carbocycles. The van der Waals surface area contributed by atoms with E-state index in [0.29, 0.717) is 18.4 Å². The van der Waals surface area contributed by atoms with Crippen LogP contribution in [0.15, 0.2) is 30.3 Å². The molecule has 0 radical (unpaired) electrons. The molecule has 1 aromatic rings. The number of esters is 3. The molecular weight excluding hydrogens is 725 g/mol. The van der Waals surface area contributed by atoms with E-state index in [1.165, 1.54) is 128 Å². The first kappa shape index (κ1) is 51.7. The maximum absolute atomic E-state index is 12.7. The van der Waals surface area contributed by atoms with E-state index in [1.807, 2.05) is 18.2 Å². The van der Waals surface area contributed by atoms with Crippen LogP contribution in [0.3, 0.4) is 0 Å². The summed E-state index contributed by atoms with van der Waals surface area (Å²) in [6.07, 6.45) is 36.7. The van der Waals surface area contributed by atoms with Crippen molar-refractivity contribution in [2.45, 2.75) is 258 Å². The van der Waals surface area contributed by atoms with Crippen LogP contribution in [0.2, 0.25) is 0 Å². The molecule has 6 atom stereocenters. The van der Waals surface area contributed by atoms with Crippen molar-refractivity contribution in [1.29, 1.82) is 0 Å². The fraction of sp³-hybridized carbons (Fsp3) is 0.824. The molecule has 7 nitrogen and oxygen atoms in total. The first-order chi connectivity index (χ1) is 28.3. The standard InChI is InChI=1S/C29H46O4.C22H42O3/c1-3-5-7-9-10-11-12-13-17-21-25(32-28(30)24-19-15-14-16-20-24)23-27-26(29(31)33-27)22-18-8-6-4-2;1-3-5-7-9-10-11-12-13-14-16-19(23)18-21-20(22(24)25-21)17-15-8-6-4-2/h14-16,19-20,25-27H,3-13,17-18,21-23H2,1-2H3;19-21,23H,3-18H2,1-2H3/t25-,26-,27-;19-,20+,21+/m01/s1. The van der Waals surface area contributed by atoms with Gasteiger partial charge in [-0.25, -0.2) is 4.79 Å². The second kappa shape index (κ2) is 34.3. The zero-order valence-electron chi connectivity index (χ0n) is 37.9. The van der Waals surface area contributed by atoms with E-state index in [-0.39, 0.29) is 54.2 Å². The van der Waals surface area contributed by atoms with Crippen molar-refractivity contribution in [3.63, 3.8) is 0 Å². The highest BCUT2D eigenvalue weighted by molar-refractivity contribution is 5.89. The average Bonchev–Trinajstić information content (AvgIpc) is 3.22. The highest BCUT2D eigenvalue weighted by Gasteiger charge is 2.44. The van der Waals surface area contributed by atoms with Crippen LogP contribution >= 0.6 is 0 Å². The third kappa shape index (κ3) is 23.4. The van der Waals surface area contributed by atoms with Crippen LogP contribution < -0.4 is 0 Å². The lowest BCUT2D eigenvalue weighted by molar-refractivity contribution is -0.189. The summed E-state index contributed by atoms with van der Waals surface area (Å²) in [6.45, 7) is 8.90. The average molecular weight is 813 g/mol. The molecule has 0 spiro atoms. The van der Waals surface area contributed by atoms with Crippen LogP contribution in [-0.2, 0) is 23.8 Å². The number of carbonyl (C=O) groups excluding carboxylic acids is 3. The Bertz CT molecular complexity index is 1150. The minimum Gasteiger partial charge on any atom is -0.461 e. The molecular formula is C51H88O7. The lowest BCUT2D eigenvalue weighted by atomic mass is 9.86. The number of carbonyl (C=O) groups is 3. The van der Waals surface area contributed by atoms with Gasteiger partial charge in [-0.3, -0.25) is 9.59 Å². The van der Waals surface area contributed by atoms with Gasteiger partial charge >= 0.3 is 17.9 Å². The number of cyclic esters (lactones) is 2. The number of aliphatic hydroxyl groups is 1. The lowest BCUT2D eigenvalue weighted by Crippen LogP contribution is -2.47. The van der Waals surface area contributed by atoms with Crippen molar-refractivity contribution in [3.05, 3.63) is 35.9 Å². The smallest absolute Gasteiger partial charge is 0.338 e. The van der Waals surface area contributed by atoms with E-state index in [9.17, 15) is 19.5 Å².